The monoisotopic (exact) mass is 1120 g/mol. The van der Waals surface area contributed by atoms with Crippen molar-refractivity contribution in [2.75, 3.05) is 0 Å². The van der Waals surface area contributed by atoms with Crippen LogP contribution in [0.15, 0.2) is 304 Å². The molecule has 0 radical (unpaired) electrons. The minimum absolute atomic E-state index is 0.555. The van der Waals surface area contributed by atoms with Crippen LogP contribution in [0.5, 0.6) is 0 Å². The Hall–Kier alpha value is -12.0. The topological polar surface area (TPSA) is 71.3 Å². The minimum atomic E-state index is 0.555. The van der Waals surface area contributed by atoms with Crippen molar-refractivity contribution in [3.05, 3.63) is 304 Å². The molecular weight excluding hydrogens is 1070 g/mol. The Morgan fingerprint density at radius 2 is 0.693 bits per heavy atom. The van der Waals surface area contributed by atoms with Crippen molar-refractivity contribution in [3.8, 4) is 79.2 Å². The van der Waals surface area contributed by atoms with Gasteiger partial charge in [-0.2, -0.15) is 0 Å². The van der Waals surface area contributed by atoms with E-state index in [1.165, 1.54) is 37.8 Å². The zero-order valence-electron chi connectivity index (χ0n) is 47.4. The maximum Gasteiger partial charge on any atom is 0.164 e. The lowest BCUT2D eigenvalue weighted by atomic mass is 9.93. The van der Waals surface area contributed by atoms with Gasteiger partial charge >= 0.3 is 0 Å². The molecule has 0 atom stereocenters. The fraction of sp³-hybridized carbons (Fsp3) is 0. The zero-order chi connectivity index (χ0) is 57.8. The molecule has 12 aromatic carbocycles. The van der Waals surface area contributed by atoms with Crippen molar-refractivity contribution in [1.82, 2.24) is 38.2 Å². The molecule has 0 aliphatic carbocycles. The maximum absolute atomic E-state index is 5.49. The van der Waals surface area contributed by atoms with Crippen LogP contribution in [0.4, 0.5) is 0 Å². The molecule has 410 valence electrons. The number of pyridine rings is 1. The highest BCUT2D eigenvalue weighted by molar-refractivity contribution is 6.28. The third-order valence-electron chi connectivity index (χ3n) is 17.7. The quantitative estimate of drug-likeness (QED) is 0.144. The van der Waals surface area contributed by atoms with Gasteiger partial charge in [0.2, 0.25) is 0 Å². The van der Waals surface area contributed by atoms with Gasteiger partial charge < -0.3 is 18.3 Å². The Morgan fingerprint density at radius 1 is 0.239 bits per heavy atom. The van der Waals surface area contributed by atoms with Crippen LogP contribution in [0, 0.1) is 0 Å². The minimum Gasteiger partial charge on any atom is -0.309 e. The van der Waals surface area contributed by atoms with Gasteiger partial charge in [0.15, 0.2) is 17.5 Å². The molecule has 0 unspecified atom stereocenters. The predicted octanol–water partition coefficient (Wildman–Crippen LogP) is 20.0. The number of nitrogens with zero attached hydrogens (tertiary/aromatic N) is 8. The molecule has 18 aromatic rings. The molecule has 0 amide bonds. The van der Waals surface area contributed by atoms with Crippen molar-refractivity contribution < 1.29 is 0 Å². The van der Waals surface area contributed by atoms with E-state index in [2.05, 4.69) is 272 Å². The van der Waals surface area contributed by atoms with Gasteiger partial charge in [0.05, 0.1) is 49.8 Å². The molecule has 6 heterocycles. The van der Waals surface area contributed by atoms with E-state index in [9.17, 15) is 0 Å². The summed E-state index contributed by atoms with van der Waals surface area (Å²) in [6.45, 7) is 0. The molecule has 18 rings (SSSR count). The fourth-order valence-corrected chi connectivity index (χ4v) is 13.9. The van der Waals surface area contributed by atoms with E-state index in [-0.39, 0.29) is 0 Å². The molecule has 0 aliphatic heterocycles. The summed E-state index contributed by atoms with van der Waals surface area (Å²) in [5.74, 6) is 1.73. The Labute approximate surface area is 505 Å². The summed E-state index contributed by atoms with van der Waals surface area (Å²) in [5.41, 5.74) is 19.8. The van der Waals surface area contributed by atoms with Crippen LogP contribution in [0.1, 0.15) is 0 Å². The van der Waals surface area contributed by atoms with Crippen molar-refractivity contribution >= 4 is 87.2 Å². The largest absolute Gasteiger partial charge is 0.309 e. The van der Waals surface area contributed by atoms with Gasteiger partial charge in [-0.3, -0.25) is 4.98 Å². The van der Waals surface area contributed by atoms with E-state index >= 15 is 0 Å². The van der Waals surface area contributed by atoms with Crippen LogP contribution in [0.2, 0.25) is 0 Å². The molecule has 0 saturated heterocycles. The Kier molecular flexibility index (Phi) is 11.1. The Balaban J connectivity index is 0.977. The summed E-state index contributed by atoms with van der Waals surface area (Å²) >= 11 is 0. The van der Waals surface area contributed by atoms with Crippen LogP contribution in [-0.2, 0) is 0 Å². The van der Waals surface area contributed by atoms with Crippen LogP contribution in [-0.4, -0.2) is 38.2 Å². The molecule has 0 fully saturated rings. The van der Waals surface area contributed by atoms with E-state index < -0.39 is 0 Å². The SMILES string of the molecule is c1ccc(-c2nc(-c3ccccc3)nc(-c3ccc(-n4c5ccccc5c5c4ccc4c6ccccc6n(-c6ccccc6)c45)cc3-c3cc(-c4cccnc4)ccc3-n3c4ccccc4c4c3ccc3c5ccccc5n(-c5ccccc5)c34)n2)cc1. The van der Waals surface area contributed by atoms with Gasteiger partial charge in [-0.05, 0) is 108 Å². The summed E-state index contributed by atoms with van der Waals surface area (Å²) in [5, 5.41) is 9.49. The first-order chi connectivity index (χ1) is 43.7. The van der Waals surface area contributed by atoms with Gasteiger partial charge in [0.1, 0.15) is 0 Å². The maximum atomic E-state index is 5.49. The smallest absolute Gasteiger partial charge is 0.164 e. The van der Waals surface area contributed by atoms with E-state index in [1.807, 2.05) is 54.9 Å². The number of rotatable bonds is 9. The number of hydrogen-bond donors (Lipinski definition) is 0. The standard InChI is InChI=1S/C80H50N8/c1-5-22-51(23-6-1)78-82-79(52-24-7-2-8-25-52)84-80(83-78)62-41-40-57(85-69-37-19-15-33-63(69)74-72(85)45-42-60-58-31-13-17-35-67(58)86(76(60)74)55-27-9-3-10-28-55)49-65(62)66-48-53(54-26-21-47-81-50-54)39-44-71(66)88-70-38-20-16-34-64(70)75-73(88)46-43-61-59-32-14-18-36-68(59)87(77(61)75)56-29-11-4-12-30-56/h1-50H. The molecule has 0 N–H and O–H groups in total. The summed E-state index contributed by atoms with van der Waals surface area (Å²) in [7, 11) is 0. The fourth-order valence-electron chi connectivity index (χ4n) is 13.9. The highest BCUT2D eigenvalue weighted by Crippen LogP contribution is 2.48. The lowest BCUT2D eigenvalue weighted by Gasteiger charge is -2.20. The second-order valence-corrected chi connectivity index (χ2v) is 22.5. The summed E-state index contributed by atoms with van der Waals surface area (Å²) < 4.78 is 9.83. The average Bonchev–Trinajstić information content (AvgIpc) is 1.57. The normalized spacial score (nSPS) is 11.9. The van der Waals surface area contributed by atoms with Gasteiger partial charge in [-0.25, -0.2) is 15.0 Å². The van der Waals surface area contributed by atoms with Gasteiger partial charge in [-0.1, -0.05) is 194 Å². The first kappa shape index (κ1) is 49.4. The highest BCUT2D eigenvalue weighted by Gasteiger charge is 2.27. The lowest BCUT2D eigenvalue weighted by molar-refractivity contribution is 1.07. The van der Waals surface area contributed by atoms with E-state index in [4.69, 9.17) is 15.0 Å². The van der Waals surface area contributed by atoms with Crippen molar-refractivity contribution in [2.24, 2.45) is 0 Å². The van der Waals surface area contributed by atoms with Gasteiger partial charge in [-0.15, -0.1) is 0 Å². The third kappa shape index (κ3) is 7.59. The Morgan fingerprint density at radius 3 is 1.23 bits per heavy atom. The zero-order valence-corrected chi connectivity index (χ0v) is 47.4. The molecular formula is C80H50N8. The first-order valence-corrected chi connectivity index (χ1v) is 29.8. The van der Waals surface area contributed by atoms with Crippen molar-refractivity contribution in [2.45, 2.75) is 0 Å². The Bertz CT molecular complexity index is 5730. The molecule has 8 heteroatoms. The molecule has 0 bridgehead atoms. The molecule has 0 aliphatic rings. The van der Waals surface area contributed by atoms with Crippen LogP contribution < -0.4 is 0 Å². The second kappa shape index (κ2) is 19.8. The summed E-state index contributed by atoms with van der Waals surface area (Å²) in [6.07, 6.45) is 3.79. The molecule has 88 heavy (non-hydrogen) atoms. The predicted molar refractivity (Wildman–Crippen MR) is 362 cm³/mol. The number of benzene rings is 12. The van der Waals surface area contributed by atoms with Crippen molar-refractivity contribution in [3.63, 3.8) is 0 Å². The first-order valence-electron chi connectivity index (χ1n) is 29.8. The van der Waals surface area contributed by atoms with E-state index in [1.54, 1.807) is 0 Å². The number of para-hydroxylation sites is 6. The van der Waals surface area contributed by atoms with Crippen molar-refractivity contribution in [1.29, 1.82) is 0 Å². The van der Waals surface area contributed by atoms with Crippen LogP contribution >= 0.6 is 0 Å². The average molecular weight is 1120 g/mol. The van der Waals surface area contributed by atoms with E-state index in [0.717, 1.165) is 111 Å². The molecule has 6 aromatic heterocycles. The van der Waals surface area contributed by atoms with Crippen LogP contribution in [0.3, 0.4) is 0 Å². The van der Waals surface area contributed by atoms with Gasteiger partial charge in [0.25, 0.3) is 0 Å². The number of hydrogen-bond acceptors (Lipinski definition) is 4. The molecule has 8 nitrogen and oxygen atoms in total. The molecule has 0 saturated carbocycles. The lowest BCUT2D eigenvalue weighted by Crippen LogP contribution is -2.04. The van der Waals surface area contributed by atoms with Crippen LogP contribution in [0.25, 0.3) is 166 Å². The molecule has 0 spiro atoms. The third-order valence-corrected chi connectivity index (χ3v) is 17.7. The number of fused-ring (bicyclic) bond motifs is 14. The number of aromatic nitrogens is 8. The van der Waals surface area contributed by atoms with E-state index in [0.29, 0.717) is 17.5 Å². The summed E-state index contributed by atoms with van der Waals surface area (Å²) in [4.78, 5) is 20.8. The van der Waals surface area contributed by atoms with Gasteiger partial charge in [0, 0.05) is 100 Å². The summed E-state index contributed by atoms with van der Waals surface area (Å²) in [6, 6.07) is 105. The second-order valence-electron chi connectivity index (χ2n) is 22.5. The highest BCUT2D eigenvalue weighted by atomic mass is 15.1.